The quantitative estimate of drug-likeness (QED) is 0.753. The van der Waals surface area contributed by atoms with Crippen molar-refractivity contribution >= 4 is 11.8 Å². The molecule has 0 saturated heterocycles. The lowest BCUT2D eigenvalue weighted by molar-refractivity contribution is -0.130. The molecule has 0 unspecified atom stereocenters. The zero-order valence-corrected chi connectivity index (χ0v) is 15.4. The summed E-state index contributed by atoms with van der Waals surface area (Å²) in [5.74, 6) is 0.748. The summed E-state index contributed by atoms with van der Waals surface area (Å²) in [7, 11) is 1.64. The van der Waals surface area contributed by atoms with Crippen LogP contribution in [-0.2, 0) is 22.6 Å². The van der Waals surface area contributed by atoms with Gasteiger partial charge in [-0.25, -0.2) is 0 Å². The number of carbonyl (C=O) groups excluding carboxylic acids is 2. The molecule has 2 aromatic rings. The molecule has 26 heavy (non-hydrogen) atoms. The minimum Gasteiger partial charge on any atom is -0.497 e. The minimum absolute atomic E-state index is 0.0279. The van der Waals surface area contributed by atoms with E-state index in [-0.39, 0.29) is 11.8 Å². The van der Waals surface area contributed by atoms with Crippen LogP contribution in [0.2, 0.25) is 0 Å². The number of hydrogen-bond acceptors (Lipinski definition) is 3. The molecule has 0 bridgehead atoms. The van der Waals surface area contributed by atoms with E-state index in [0.717, 1.165) is 23.3 Å². The molecule has 0 aliphatic carbocycles. The molecule has 0 aromatic heterocycles. The predicted molar refractivity (Wildman–Crippen MR) is 102 cm³/mol. The van der Waals surface area contributed by atoms with Gasteiger partial charge >= 0.3 is 0 Å². The van der Waals surface area contributed by atoms with Crippen LogP contribution < -0.4 is 10.1 Å². The highest BCUT2D eigenvalue weighted by atomic mass is 16.5. The highest BCUT2D eigenvalue weighted by Crippen LogP contribution is 2.11. The fourth-order valence-electron chi connectivity index (χ4n) is 2.61. The van der Waals surface area contributed by atoms with Crippen LogP contribution in [0.5, 0.6) is 5.75 Å². The average Bonchev–Trinajstić information content (AvgIpc) is 2.66. The first-order chi connectivity index (χ1) is 12.6. The van der Waals surface area contributed by atoms with Crippen molar-refractivity contribution in [1.29, 1.82) is 0 Å². The van der Waals surface area contributed by atoms with Gasteiger partial charge in [-0.1, -0.05) is 42.5 Å². The molecule has 5 heteroatoms. The van der Waals surface area contributed by atoms with E-state index in [1.54, 1.807) is 12.0 Å². The van der Waals surface area contributed by atoms with Crippen LogP contribution in [0.25, 0.3) is 0 Å². The maximum Gasteiger partial charge on any atom is 0.221 e. The molecule has 5 nitrogen and oxygen atoms in total. The summed E-state index contributed by atoms with van der Waals surface area (Å²) in [6, 6.07) is 17.6. The Balaban J connectivity index is 1.72. The van der Waals surface area contributed by atoms with Gasteiger partial charge < -0.3 is 15.0 Å². The van der Waals surface area contributed by atoms with Gasteiger partial charge in [-0.3, -0.25) is 9.59 Å². The molecule has 2 amide bonds. The average molecular weight is 354 g/mol. The van der Waals surface area contributed by atoms with Gasteiger partial charge in [-0.2, -0.15) is 0 Å². The van der Waals surface area contributed by atoms with Crippen LogP contribution in [0.3, 0.4) is 0 Å². The van der Waals surface area contributed by atoms with Crippen molar-refractivity contribution in [3.8, 4) is 5.75 Å². The number of rotatable bonds is 9. The molecule has 2 rings (SSSR count). The van der Waals surface area contributed by atoms with Gasteiger partial charge in [0, 0.05) is 33.0 Å². The maximum atomic E-state index is 12.0. The van der Waals surface area contributed by atoms with E-state index >= 15 is 0 Å². The fraction of sp³-hybridized carbons (Fsp3) is 0.333. The Hall–Kier alpha value is -2.82. The minimum atomic E-state index is -0.0437. The first kappa shape index (κ1) is 19.5. The van der Waals surface area contributed by atoms with E-state index < -0.39 is 0 Å². The molecule has 0 fully saturated rings. The van der Waals surface area contributed by atoms with Crippen molar-refractivity contribution in [1.82, 2.24) is 10.2 Å². The number of methoxy groups -OCH3 is 1. The number of ether oxygens (including phenoxy) is 1. The van der Waals surface area contributed by atoms with Crippen LogP contribution in [-0.4, -0.2) is 36.9 Å². The van der Waals surface area contributed by atoms with Crippen LogP contribution in [0.15, 0.2) is 54.6 Å². The van der Waals surface area contributed by atoms with Gasteiger partial charge in [-0.15, -0.1) is 0 Å². The normalized spacial score (nSPS) is 10.2. The lowest BCUT2D eigenvalue weighted by atomic mass is 10.1. The number of nitrogens with zero attached hydrogens (tertiary/aromatic N) is 1. The summed E-state index contributed by atoms with van der Waals surface area (Å²) >= 11 is 0. The van der Waals surface area contributed by atoms with Gasteiger partial charge in [-0.05, 0) is 29.7 Å². The highest BCUT2D eigenvalue weighted by Gasteiger charge is 2.11. The number of amides is 2. The van der Waals surface area contributed by atoms with Crippen molar-refractivity contribution in [2.45, 2.75) is 26.3 Å². The first-order valence-electron chi connectivity index (χ1n) is 8.77. The van der Waals surface area contributed by atoms with Crippen molar-refractivity contribution in [3.05, 3.63) is 65.7 Å². The van der Waals surface area contributed by atoms with E-state index in [4.69, 9.17) is 4.74 Å². The topological polar surface area (TPSA) is 58.6 Å². The smallest absolute Gasteiger partial charge is 0.221 e. The Labute approximate surface area is 155 Å². The second-order valence-corrected chi connectivity index (χ2v) is 6.12. The largest absolute Gasteiger partial charge is 0.497 e. The van der Waals surface area contributed by atoms with Crippen molar-refractivity contribution in [2.24, 2.45) is 0 Å². The Kier molecular flexibility index (Phi) is 7.68. The van der Waals surface area contributed by atoms with E-state index in [0.29, 0.717) is 26.1 Å². The molecular weight excluding hydrogens is 328 g/mol. The molecule has 0 saturated carbocycles. The third-order valence-electron chi connectivity index (χ3n) is 4.17. The van der Waals surface area contributed by atoms with Gasteiger partial charge in [0.25, 0.3) is 0 Å². The molecule has 2 aromatic carbocycles. The molecule has 0 radical (unpaired) electrons. The Bertz CT molecular complexity index is 699. The summed E-state index contributed by atoms with van der Waals surface area (Å²) in [6.45, 7) is 3.04. The Morgan fingerprint density at radius 2 is 1.69 bits per heavy atom. The maximum absolute atomic E-state index is 12.0. The fourth-order valence-corrected chi connectivity index (χ4v) is 2.61. The molecule has 1 N–H and O–H groups in total. The monoisotopic (exact) mass is 354 g/mol. The van der Waals surface area contributed by atoms with E-state index in [1.165, 1.54) is 6.92 Å². The van der Waals surface area contributed by atoms with Gasteiger partial charge in [0.1, 0.15) is 5.75 Å². The van der Waals surface area contributed by atoms with Gasteiger partial charge in [0.15, 0.2) is 0 Å². The predicted octanol–water partition coefficient (Wildman–Crippen LogP) is 2.79. The van der Waals surface area contributed by atoms with Crippen LogP contribution >= 0.6 is 0 Å². The standard InChI is InChI=1S/C21H26N2O3/c1-17(24)23(16-19-6-4-3-5-7-19)15-13-21(25)22-14-12-18-8-10-20(26-2)11-9-18/h3-11H,12-16H2,1-2H3,(H,22,25). The van der Waals surface area contributed by atoms with E-state index in [9.17, 15) is 9.59 Å². The first-order valence-corrected chi connectivity index (χ1v) is 8.77. The second kappa shape index (κ2) is 10.2. The third kappa shape index (κ3) is 6.59. The van der Waals surface area contributed by atoms with Crippen molar-refractivity contribution in [3.63, 3.8) is 0 Å². The molecule has 0 heterocycles. The van der Waals surface area contributed by atoms with E-state index in [1.807, 2.05) is 54.6 Å². The zero-order valence-electron chi connectivity index (χ0n) is 15.4. The third-order valence-corrected chi connectivity index (χ3v) is 4.17. The van der Waals surface area contributed by atoms with Gasteiger partial charge in [0.2, 0.25) is 11.8 Å². The highest BCUT2D eigenvalue weighted by molar-refractivity contribution is 5.78. The van der Waals surface area contributed by atoms with Crippen molar-refractivity contribution in [2.75, 3.05) is 20.2 Å². The lowest BCUT2D eigenvalue weighted by Crippen LogP contribution is -2.34. The van der Waals surface area contributed by atoms with E-state index in [2.05, 4.69) is 5.32 Å². The Morgan fingerprint density at radius 3 is 2.31 bits per heavy atom. The van der Waals surface area contributed by atoms with Crippen LogP contribution in [0, 0.1) is 0 Å². The van der Waals surface area contributed by atoms with Crippen LogP contribution in [0.1, 0.15) is 24.5 Å². The Morgan fingerprint density at radius 1 is 1.00 bits per heavy atom. The molecule has 0 aliphatic heterocycles. The summed E-state index contributed by atoms with van der Waals surface area (Å²) in [4.78, 5) is 25.5. The number of carbonyl (C=O) groups is 2. The molecule has 0 spiro atoms. The zero-order chi connectivity index (χ0) is 18.8. The van der Waals surface area contributed by atoms with Crippen LogP contribution in [0.4, 0.5) is 0 Å². The van der Waals surface area contributed by atoms with Crippen molar-refractivity contribution < 1.29 is 14.3 Å². The number of hydrogen-bond donors (Lipinski definition) is 1. The summed E-state index contributed by atoms with van der Waals surface area (Å²) in [5.41, 5.74) is 2.20. The summed E-state index contributed by atoms with van der Waals surface area (Å²) in [6.07, 6.45) is 1.06. The SMILES string of the molecule is COc1ccc(CCNC(=O)CCN(Cc2ccccc2)C(C)=O)cc1. The molecule has 138 valence electrons. The lowest BCUT2D eigenvalue weighted by Gasteiger charge is -2.21. The summed E-state index contributed by atoms with van der Waals surface area (Å²) < 4.78 is 5.13. The molecule has 0 aliphatic rings. The molecular formula is C21H26N2O3. The second-order valence-electron chi connectivity index (χ2n) is 6.12. The molecule has 0 atom stereocenters. The number of nitrogens with one attached hydrogen (secondary N) is 1. The number of benzene rings is 2. The summed E-state index contributed by atoms with van der Waals surface area (Å²) in [5, 5.41) is 2.91. The van der Waals surface area contributed by atoms with Gasteiger partial charge in [0.05, 0.1) is 7.11 Å².